The van der Waals surface area contributed by atoms with E-state index in [1.54, 1.807) is 6.92 Å². The fourth-order valence-electron chi connectivity index (χ4n) is 1.79. The largest absolute Gasteiger partial charge is 0.394 e. The lowest BCUT2D eigenvalue weighted by atomic mass is 10.2. The van der Waals surface area contributed by atoms with Crippen molar-refractivity contribution in [1.82, 2.24) is 10.5 Å². The number of carbonyl (C=O) groups is 2. The number of amides is 2. The average molecular weight is 339 g/mol. The van der Waals surface area contributed by atoms with Gasteiger partial charge >= 0.3 is 11.8 Å². The molecular weight excluding hydrogens is 322 g/mol. The summed E-state index contributed by atoms with van der Waals surface area (Å²) in [6, 6.07) is 3.36. The molecule has 9 heteroatoms. The number of aliphatic hydroxyl groups is 1. The number of anilines is 1. The number of nitrogens with zero attached hydrogens (tertiary/aromatic N) is 1. The third-order valence-electron chi connectivity index (χ3n) is 2.85. The van der Waals surface area contributed by atoms with E-state index in [0.29, 0.717) is 5.76 Å². The molecule has 1 atom stereocenters. The first-order valence-electron chi connectivity index (χ1n) is 6.87. The minimum atomic E-state index is -0.843. The van der Waals surface area contributed by atoms with Gasteiger partial charge in [0.1, 0.15) is 11.9 Å². The van der Waals surface area contributed by atoms with Gasteiger partial charge in [0.2, 0.25) is 0 Å². The standard InChI is InChI=1S/C14H17N3O5S/c1-9-6-12(17-22-9)16-14(20)13(19)15-7-11(21-4-3-18)10-2-5-23-8-10/h2,5-6,8,11,18H,3-4,7H2,1H3,(H,15,19)(H,16,17,20)/t11-/m1/s1. The zero-order chi connectivity index (χ0) is 16.7. The molecule has 2 heterocycles. The number of rotatable bonds is 7. The smallest absolute Gasteiger partial charge is 0.314 e. The molecule has 3 N–H and O–H groups in total. The number of hydrogen-bond acceptors (Lipinski definition) is 7. The summed E-state index contributed by atoms with van der Waals surface area (Å²) in [5.41, 5.74) is 0.872. The fraction of sp³-hybridized carbons (Fsp3) is 0.357. The number of nitrogens with one attached hydrogen (secondary N) is 2. The van der Waals surface area contributed by atoms with Crippen LogP contribution in [0.3, 0.4) is 0 Å². The number of thiophene rings is 1. The highest BCUT2D eigenvalue weighted by Gasteiger charge is 2.19. The second-order valence-electron chi connectivity index (χ2n) is 4.63. The van der Waals surface area contributed by atoms with Crippen molar-refractivity contribution >= 4 is 29.0 Å². The molecular formula is C14H17N3O5S. The third kappa shape index (κ3) is 5.16. The minimum Gasteiger partial charge on any atom is -0.394 e. The predicted molar refractivity (Wildman–Crippen MR) is 83.0 cm³/mol. The van der Waals surface area contributed by atoms with Gasteiger partial charge in [0.15, 0.2) is 5.82 Å². The summed E-state index contributed by atoms with van der Waals surface area (Å²) >= 11 is 1.49. The van der Waals surface area contributed by atoms with Crippen LogP contribution in [-0.4, -0.2) is 41.8 Å². The molecule has 8 nitrogen and oxygen atoms in total. The van der Waals surface area contributed by atoms with Crippen molar-refractivity contribution in [2.24, 2.45) is 0 Å². The molecule has 0 saturated carbocycles. The van der Waals surface area contributed by atoms with Gasteiger partial charge < -0.3 is 19.7 Å². The molecule has 2 aromatic heterocycles. The van der Waals surface area contributed by atoms with Gasteiger partial charge in [-0.25, -0.2) is 0 Å². The average Bonchev–Trinajstić information content (AvgIpc) is 3.19. The van der Waals surface area contributed by atoms with Gasteiger partial charge in [0.05, 0.1) is 13.2 Å². The normalized spacial score (nSPS) is 11.9. The van der Waals surface area contributed by atoms with E-state index in [2.05, 4.69) is 15.8 Å². The summed E-state index contributed by atoms with van der Waals surface area (Å²) in [5.74, 6) is -0.952. The number of aliphatic hydroxyl groups excluding tert-OH is 1. The zero-order valence-electron chi connectivity index (χ0n) is 12.4. The van der Waals surface area contributed by atoms with Crippen LogP contribution in [0.2, 0.25) is 0 Å². The molecule has 0 aliphatic carbocycles. The summed E-state index contributed by atoms with van der Waals surface area (Å²) in [5, 5.41) is 21.0. The molecule has 0 bridgehead atoms. The second kappa shape index (κ2) is 8.42. The molecule has 0 saturated heterocycles. The Morgan fingerprint density at radius 1 is 1.48 bits per heavy atom. The fourth-order valence-corrected chi connectivity index (χ4v) is 2.49. The van der Waals surface area contributed by atoms with E-state index < -0.39 is 17.9 Å². The topological polar surface area (TPSA) is 114 Å². The molecule has 124 valence electrons. The first-order chi connectivity index (χ1) is 11.1. The van der Waals surface area contributed by atoms with Crippen molar-refractivity contribution in [2.75, 3.05) is 25.1 Å². The van der Waals surface area contributed by atoms with Crippen LogP contribution in [-0.2, 0) is 14.3 Å². The number of hydrogen-bond donors (Lipinski definition) is 3. The van der Waals surface area contributed by atoms with Crippen molar-refractivity contribution < 1.29 is 24.0 Å². The SMILES string of the molecule is Cc1cc(NC(=O)C(=O)NC[C@@H](OCCO)c2ccsc2)no1. The van der Waals surface area contributed by atoms with Gasteiger partial charge in [0.25, 0.3) is 0 Å². The van der Waals surface area contributed by atoms with Gasteiger partial charge in [-0.05, 0) is 29.3 Å². The van der Waals surface area contributed by atoms with Crippen LogP contribution in [0.15, 0.2) is 27.4 Å². The molecule has 2 amide bonds. The monoisotopic (exact) mass is 339 g/mol. The maximum absolute atomic E-state index is 11.8. The van der Waals surface area contributed by atoms with Crippen molar-refractivity contribution in [1.29, 1.82) is 0 Å². The molecule has 23 heavy (non-hydrogen) atoms. The van der Waals surface area contributed by atoms with E-state index in [0.717, 1.165) is 5.56 Å². The van der Waals surface area contributed by atoms with Gasteiger partial charge in [-0.3, -0.25) is 14.9 Å². The molecule has 0 aliphatic rings. The second-order valence-corrected chi connectivity index (χ2v) is 5.41. The molecule has 0 aromatic carbocycles. The van der Waals surface area contributed by atoms with Crippen LogP contribution in [0.1, 0.15) is 17.4 Å². The van der Waals surface area contributed by atoms with Crippen molar-refractivity contribution in [2.45, 2.75) is 13.0 Å². The van der Waals surface area contributed by atoms with Gasteiger partial charge in [-0.15, -0.1) is 0 Å². The third-order valence-corrected chi connectivity index (χ3v) is 3.55. The molecule has 0 spiro atoms. The Morgan fingerprint density at radius 2 is 2.30 bits per heavy atom. The van der Waals surface area contributed by atoms with Crippen molar-refractivity contribution in [3.8, 4) is 0 Å². The molecule has 0 aliphatic heterocycles. The Kier molecular flexibility index (Phi) is 6.27. The van der Waals surface area contributed by atoms with Crippen LogP contribution >= 0.6 is 11.3 Å². The highest BCUT2D eigenvalue weighted by Crippen LogP contribution is 2.19. The van der Waals surface area contributed by atoms with Crippen molar-refractivity contribution in [3.05, 3.63) is 34.2 Å². The maximum Gasteiger partial charge on any atom is 0.314 e. The van der Waals surface area contributed by atoms with E-state index in [1.807, 2.05) is 16.8 Å². The van der Waals surface area contributed by atoms with Crippen LogP contribution in [0.25, 0.3) is 0 Å². The Labute approximate surface area is 136 Å². The highest BCUT2D eigenvalue weighted by molar-refractivity contribution is 7.07. The Morgan fingerprint density at radius 3 is 2.91 bits per heavy atom. The summed E-state index contributed by atoms with van der Waals surface area (Å²) < 4.78 is 10.3. The highest BCUT2D eigenvalue weighted by atomic mass is 32.1. The lowest BCUT2D eigenvalue weighted by molar-refractivity contribution is -0.136. The van der Waals surface area contributed by atoms with E-state index in [1.165, 1.54) is 17.4 Å². The first-order valence-corrected chi connectivity index (χ1v) is 7.81. The number of aryl methyl sites for hydroxylation is 1. The predicted octanol–water partition coefficient (Wildman–Crippen LogP) is 0.849. The van der Waals surface area contributed by atoms with Gasteiger partial charge in [-0.1, -0.05) is 5.16 Å². The van der Waals surface area contributed by atoms with Gasteiger partial charge in [0, 0.05) is 12.6 Å². The van der Waals surface area contributed by atoms with Crippen LogP contribution in [0.4, 0.5) is 5.82 Å². The van der Waals surface area contributed by atoms with E-state index in [-0.39, 0.29) is 25.6 Å². The van der Waals surface area contributed by atoms with Gasteiger partial charge in [-0.2, -0.15) is 11.3 Å². The quantitative estimate of drug-likeness (QED) is 0.645. The summed E-state index contributed by atoms with van der Waals surface area (Å²) in [4.78, 5) is 23.6. The Bertz CT molecular complexity index is 641. The van der Waals surface area contributed by atoms with Crippen LogP contribution < -0.4 is 10.6 Å². The first kappa shape index (κ1) is 17.1. The summed E-state index contributed by atoms with van der Waals surface area (Å²) in [7, 11) is 0. The van der Waals surface area contributed by atoms with E-state index in [4.69, 9.17) is 14.4 Å². The molecule has 0 radical (unpaired) electrons. The molecule has 0 unspecified atom stereocenters. The summed E-state index contributed by atoms with van der Waals surface area (Å²) in [6.07, 6.45) is -0.431. The minimum absolute atomic E-state index is 0.112. The Balaban J connectivity index is 1.86. The molecule has 2 rings (SSSR count). The Hall–Kier alpha value is -2.23. The van der Waals surface area contributed by atoms with Crippen LogP contribution in [0.5, 0.6) is 0 Å². The van der Waals surface area contributed by atoms with Crippen molar-refractivity contribution in [3.63, 3.8) is 0 Å². The number of carbonyl (C=O) groups excluding carboxylic acids is 2. The summed E-state index contributed by atoms with van der Waals surface area (Å²) in [6.45, 7) is 1.80. The maximum atomic E-state index is 11.8. The lowest BCUT2D eigenvalue weighted by Crippen LogP contribution is -2.38. The van der Waals surface area contributed by atoms with E-state index >= 15 is 0 Å². The van der Waals surface area contributed by atoms with Crippen LogP contribution in [0, 0.1) is 6.92 Å². The zero-order valence-corrected chi connectivity index (χ0v) is 13.3. The molecule has 0 fully saturated rings. The lowest BCUT2D eigenvalue weighted by Gasteiger charge is -2.17. The number of aromatic nitrogens is 1. The molecule has 2 aromatic rings. The van der Waals surface area contributed by atoms with E-state index in [9.17, 15) is 9.59 Å². The number of ether oxygens (including phenoxy) is 1.